The van der Waals surface area contributed by atoms with Crippen LogP contribution in [0.15, 0.2) is 0 Å². The van der Waals surface area contributed by atoms with Gasteiger partial charge in [-0.1, -0.05) is 26.2 Å². The van der Waals surface area contributed by atoms with E-state index in [-0.39, 0.29) is 5.91 Å². The number of piperidine rings is 1. The van der Waals surface area contributed by atoms with Gasteiger partial charge in [-0.15, -0.1) is 0 Å². The minimum Gasteiger partial charge on any atom is -0.343 e. The first-order valence-corrected chi connectivity index (χ1v) is 11.3. The fourth-order valence-corrected chi connectivity index (χ4v) is 6.42. The highest BCUT2D eigenvalue weighted by Gasteiger charge is 2.52. The number of hydrogen-bond donors (Lipinski definition) is 1. The van der Waals surface area contributed by atoms with Gasteiger partial charge in [-0.3, -0.25) is 9.59 Å². The molecule has 2 heterocycles. The van der Waals surface area contributed by atoms with Crippen molar-refractivity contribution in [1.29, 1.82) is 0 Å². The second-order valence-corrected chi connectivity index (χ2v) is 9.59. The maximum absolute atomic E-state index is 12.8. The summed E-state index contributed by atoms with van der Waals surface area (Å²) in [7, 11) is 0. The van der Waals surface area contributed by atoms with Crippen LogP contribution in [0.3, 0.4) is 0 Å². The Kier molecular flexibility index (Phi) is 5.77. The Morgan fingerprint density at radius 3 is 2.48 bits per heavy atom. The number of nitrogens with one attached hydrogen (secondary N) is 1. The summed E-state index contributed by atoms with van der Waals surface area (Å²) in [5.41, 5.74) is 0. The number of nitrogens with zero attached hydrogens (tertiary/aromatic N) is 2. The van der Waals surface area contributed by atoms with Crippen LogP contribution in [0.1, 0.15) is 71.6 Å². The molecule has 4 atom stereocenters. The third-order valence-corrected chi connectivity index (χ3v) is 7.99. The van der Waals surface area contributed by atoms with E-state index < -0.39 is 0 Å². The smallest absolute Gasteiger partial charge is 0.223 e. The van der Waals surface area contributed by atoms with Crippen molar-refractivity contribution >= 4 is 11.8 Å². The maximum atomic E-state index is 12.8. The highest BCUT2D eigenvalue weighted by atomic mass is 16.2. The predicted molar refractivity (Wildman–Crippen MR) is 106 cm³/mol. The largest absolute Gasteiger partial charge is 0.343 e. The van der Waals surface area contributed by atoms with Crippen molar-refractivity contribution in [3.8, 4) is 0 Å². The molecule has 2 aliphatic heterocycles. The molecule has 0 aromatic heterocycles. The van der Waals surface area contributed by atoms with Crippen molar-refractivity contribution in [3.63, 3.8) is 0 Å². The van der Waals surface area contributed by atoms with E-state index in [4.69, 9.17) is 0 Å². The molecule has 2 saturated carbocycles. The molecule has 0 unspecified atom stereocenters. The fraction of sp³-hybridized carbons (Fsp3) is 0.909. The molecule has 0 radical (unpaired) electrons. The molecule has 4 rings (SSSR count). The van der Waals surface area contributed by atoms with Gasteiger partial charge in [0.1, 0.15) is 0 Å². The van der Waals surface area contributed by atoms with Crippen LogP contribution in [0.25, 0.3) is 0 Å². The van der Waals surface area contributed by atoms with Crippen molar-refractivity contribution < 1.29 is 9.59 Å². The van der Waals surface area contributed by atoms with Crippen molar-refractivity contribution in [2.24, 2.45) is 17.8 Å². The quantitative estimate of drug-likeness (QED) is 0.822. The Morgan fingerprint density at radius 2 is 1.81 bits per heavy atom. The average molecular weight is 376 g/mol. The van der Waals surface area contributed by atoms with E-state index >= 15 is 0 Å². The van der Waals surface area contributed by atoms with Crippen LogP contribution in [-0.4, -0.2) is 59.4 Å². The maximum Gasteiger partial charge on any atom is 0.223 e. The van der Waals surface area contributed by atoms with Crippen molar-refractivity contribution in [3.05, 3.63) is 0 Å². The van der Waals surface area contributed by atoms with Gasteiger partial charge in [0.15, 0.2) is 0 Å². The molecular weight excluding hydrogens is 338 g/mol. The number of likely N-dealkylation sites (tertiary alicyclic amines) is 2. The van der Waals surface area contributed by atoms with Crippen LogP contribution in [0.5, 0.6) is 0 Å². The van der Waals surface area contributed by atoms with Gasteiger partial charge < -0.3 is 15.1 Å². The molecule has 0 spiro atoms. The van der Waals surface area contributed by atoms with E-state index in [1.54, 1.807) is 6.92 Å². The molecule has 0 aromatic rings. The first kappa shape index (κ1) is 19.2. The van der Waals surface area contributed by atoms with Crippen LogP contribution >= 0.6 is 0 Å². The summed E-state index contributed by atoms with van der Waals surface area (Å²) in [4.78, 5) is 28.6. The molecule has 2 aliphatic carbocycles. The lowest BCUT2D eigenvalue weighted by Gasteiger charge is -2.35. The van der Waals surface area contributed by atoms with Gasteiger partial charge in [0.25, 0.3) is 0 Å². The molecule has 4 fully saturated rings. The lowest BCUT2D eigenvalue weighted by Crippen LogP contribution is -2.46. The number of rotatable bonds is 4. The van der Waals surface area contributed by atoms with Gasteiger partial charge in [-0.2, -0.15) is 0 Å². The summed E-state index contributed by atoms with van der Waals surface area (Å²) in [6, 6.07) is 1.55. The Balaban J connectivity index is 1.32. The molecule has 0 bridgehead atoms. The number of amides is 2. The van der Waals surface area contributed by atoms with Gasteiger partial charge in [0, 0.05) is 44.6 Å². The number of carbonyl (C=O) groups excluding carboxylic acids is 2. The van der Waals surface area contributed by atoms with E-state index in [0.717, 1.165) is 38.9 Å². The van der Waals surface area contributed by atoms with Crippen LogP contribution in [0.4, 0.5) is 0 Å². The molecule has 1 N–H and O–H groups in total. The molecule has 5 heteroatoms. The van der Waals surface area contributed by atoms with Crippen molar-refractivity contribution in [1.82, 2.24) is 15.1 Å². The summed E-state index contributed by atoms with van der Waals surface area (Å²) in [6.07, 6.45) is 10.5. The summed E-state index contributed by atoms with van der Waals surface area (Å²) in [5.74, 6) is 2.51. The second kappa shape index (κ2) is 8.10. The number of carbonyl (C=O) groups is 2. The van der Waals surface area contributed by atoms with E-state index in [9.17, 15) is 9.59 Å². The molecule has 2 amide bonds. The Morgan fingerprint density at radius 1 is 1.11 bits per heavy atom. The zero-order valence-electron chi connectivity index (χ0n) is 17.2. The highest BCUT2D eigenvalue weighted by Crippen LogP contribution is 2.47. The Labute approximate surface area is 164 Å². The third kappa shape index (κ3) is 3.90. The normalized spacial score (nSPS) is 35.7. The third-order valence-electron chi connectivity index (χ3n) is 7.99. The minimum absolute atomic E-state index is 0.202. The zero-order chi connectivity index (χ0) is 19.0. The number of fused-ring (bicyclic) bond motifs is 1. The lowest BCUT2D eigenvalue weighted by atomic mass is 9.88. The van der Waals surface area contributed by atoms with E-state index in [1.807, 2.05) is 4.90 Å². The summed E-state index contributed by atoms with van der Waals surface area (Å²) < 4.78 is 0. The van der Waals surface area contributed by atoms with Gasteiger partial charge in [-0.25, -0.2) is 0 Å². The van der Waals surface area contributed by atoms with Crippen molar-refractivity contribution in [2.45, 2.75) is 89.8 Å². The lowest BCUT2D eigenvalue weighted by molar-refractivity contribution is -0.132. The SMILES string of the molecule is CC(=O)N1CCC(NC[C@H]2[C@@H]3CC(=O)N(C4CCCCC4)[C@@H]3C[C@@H]2C)CC1. The molecule has 152 valence electrons. The molecular formula is C22H37N3O2. The fourth-order valence-electron chi connectivity index (χ4n) is 6.42. The van der Waals surface area contributed by atoms with Crippen molar-refractivity contribution in [2.75, 3.05) is 19.6 Å². The van der Waals surface area contributed by atoms with Crippen LogP contribution < -0.4 is 5.32 Å². The molecule has 2 saturated heterocycles. The Bertz CT molecular complexity index is 552. The summed E-state index contributed by atoms with van der Waals surface area (Å²) >= 11 is 0. The zero-order valence-corrected chi connectivity index (χ0v) is 17.2. The summed E-state index contributed by atoms with van der Waals surface area (Å²) in [6.45, 7) is 6.87. The van der Waals surface area contributed by atoms with Gasteiger partial charge in [-0.05, 0) is 56.4 Å². The highest BCUT2D eigenvalue weighted by molar-refractivity contribution is 5.80. The molecule has 4 aliphatic rings. The first-order valence-electron chi connectivity index (χ1n) is 11.3. The second-order valence-electron chi connectivity index (χ2n) is 9.59. The first-order chi connectivity index (χ1) is 13.0. The minimum atomic E-state index is 0.202. The molecule has 5 nitrogen and oxygen atoms in total. The van der Waals surface area contributed by atoms with Crippen LogP contribution in [0.2, 0.25) is 0 Å². The summed E-state index contributed by atoms with van der Waals surface area (Å²) in [5, 5.41) is 3.81. The van der Waals surface area contributed by atoms with Crippen LogP contribution in [-0.2, 0) is 9.59 Å². The monoisotopic (exact) mass is 375 g/mol. The molecule has 0 aromatic carbocycles. The predicted octanol–water partition coefficient (Wildman–Crippen LogP) is 2.79. The van der Waals surface area contributed by atoms with Gasteiger partial charge in [0.2, 0.25) is 11.8 Å². The standard InChI is InChI=1S/C22H37N3O2/c1-15-12-21-19(13-22(27)25(21)18-6-4-3-5-7-18)20(15)14-23-17-8-10-24(11-9-17)16(2)26/h15,17-21,23H,3-14H2,1-2H3/t15-,19-,20+,21+/m0/s1. The topological polar surface area (TPSA) is 52.7 Å². The van der Waals surface area contributed by atoms with Gasteiger partial charge in [0.05, 0.1) is 0 Å². The van der Waals surface area contributed by atoms with E-state index in [1.165, 1.54) is 38.5 Å². The van der Waals surface area contributed by atoms with Gasteiger partial charge >= 0.3 is 0 Å². The Hall–Kier alpha value is -1.10. The number of hydrogen-bond acceptors (Lipinski definition) is 3. The van der Waals surface area contributed by atoms with E-state index in [2.05, 4.69) is 17.1 Å². The average Bonchev–Trinajstić information content (AvgIpc) is 3.13. The van der Waals surface area contributed by atoms with E-state index in [0.29, 0.717) is 41.8 Å². The van der Waals surface area contributed by atoms with Crippen LogP contribution in [0, 0.1) is 17.8 Å². The molecule has 27 heavy (non-hydrogen) atoms.